The van der Waals surface area contributed by atoms with Crippen LogP contribution in [0, 0.1) is 0 Å². The van der Waals surface area contributed by atoms with E-state index in [9.17, 15) is 22.8 Å². The number of nitrogens with zero attached hydrogens (tertiary/aromatic N) is 4. The molecule has 2 aromatic heterocycles. The highest BCUT2D eigenvalue weighted by Gasteiger charge is 2.38. The van der Waals surface area contributed by atoms with Crippen molar-refractivity contribution in [3.05, 3.63) is 54.0 Å². The monoisotopic (exact) mass is 495 g/mol. The maximum atomic E-state index is 13.2. The summed E-state index contributed by atoms with van der Waals surface area (Å²) in [4.78, 5) is 44.1. The van der Waals surface area contributed by atoms with E-state index in [1.807, 2.05) is 17.7 Å². The fourth-order valence-corrected chi connectivity index (χ4v) is 2.99. The van der Waals surface area contributed by atoms with Gasteiger partial charge in [0.25, 0.3) is 5.91 Å². The topological polar surface area (TPSA) is 141 Å². The number of aryl methyl sites for hydroxylation is 1. The Morgan fingerprint density at radius 2 is 1.89 bits per heavy atom. The number of hydrogen-bond acceptors (Lipinski definition) is 7. The lowest BCUT2D eigenvalue weighted by Crippen LogP contribution is -2.34. The maximum absolute atomic E-state index is 13.2. The largest absolute Gasteiger partial charge is 0.490 e. The number of fused-ring (bicyclic) bond motifs is 1. The first kappa shape index (κ1) is 27.2. The zero-order valence-corrected chi connectivity index (χ0v) is 19.0. The molecular weight excluding hydrogens is 471 g/mol. The minimum absolute atomic E-state index is 0.0826. The maximum Gasteiger partial charge on any atom is 0.490 e. The molecule has 35 heavy (non-hydrogen) atoms. The number of carbonyl (C=O) groups excluding carboxylic acids is 2. The molecule has 188 valence electrons. The third-order valence-corrected chi connectivity index (χ3v) is 4.66. The van der Waals surface area contributed by atoms with E-state index < -0.39 is 12.1 Å². The highest BCUT2D eigenvalue weighted by atomic mass is 19.4. The number of benzene rings is 1. The molecule has 0 atom stereocenters. The predicted molar refractivity (Wildman–Crippen MR) is 119 cm³/mol. The predicted octanol–water partition coefficient (Wildman–Crippen LogP) is 2.66. The van der Waals surface area contributed by atoms with Gasteiger partial charge in [-0.25, -0.2) is 14.8 Å². The Balaban J connectivity index is 0.000000540. The van der Waals surface area contributed by atoms with Gasteiger partial charge in [-0.2, -0.15) is 13.2 Å². The number of ether oxygens (including phenoxy) is 1. The van der Waals surface area contributed by atoms with Crippen molar-refractivity contribution in [3.63, 3.8) is 0 Å². The number of halogens is 3. The SMILES string of the molecule is CCOC(=O)CCN(C(=O)c1ccc2c(c1)nc(CN)n2C)c1ccccn1.O=C(O)C(F)(F)F. The fraction of sp³-hybridized carbons (Fsp3) is 0.318. The molecule has 0 spiro atoms. The number of esters is 1. The van der Waals surface area contributed by atoms with Crippen LogP contribution in [0.3, 0.4) is 0 Å². The van der Waals surface area contributed by atoms with Gasteiger partial charge in [0.1, 0.15) is 11.6 Å². The van der Waals surface area contributed by atoms with Crippen LogP contribution in [-0.2, 0) is 27.9 Å². The minimum Gasteiger partial charge on any atom is -0.475 e. The normalized spacial score (nSPS) is 10.9. The van der Waals surface area contributed by atoms with Crippen molar-refractivity contribution in [2.75, 3.05) is 18.1 Å². The van der Waals surface area contributed by atoms with E-state index in [4.69, 9.17) is 20.4 Å². The van der Waals surface area contributed by atoms with E-state index in [1.54, 1.807) is 43.5 Å². The van der Waals surface area contributed by atoms with E-state index in [2.05, 4.69) is 9.97 Å². The van der Waals surface area contributed by atoms with Gasteiger partial charge in [0, 0.05) is 25.4 Å². The van der Waals surface area contributed by atoms with Crippen LogP contribution in [0.5, 0.6) is 0 Å². The number of carbonyl (C=O) groups is 3. The molecule has 0 fully saturated rings. The molecule has 0 aliphatic rings. The lowest BCUT2D eigenvalue weighted by molar-refractivity contribution is -0.192. The average Bonchev–Trinajstić information content (AvgIpc) is 3.14. The van der Waals surface area contributed by atoms with Gasteiger partial charge in [0.2, 0.25) is 0 Å². The van der Waals surface area contributed by atoms with Crippen molar-refractivity contribution in [1.29, 1.82) is 0 Å². The number of anilines is 1. The molecule has 0 saturated carbocycles. The van der Waals surface area contributed by atoms with E-state index in [0.29, 0.717) is 30.0 Å². The van der Waals surface area contributed by atoms with E-state index in [1.165, 1.54) is 4.90 Å². The molecule has 0 aliphatic heterocycles. The summed E-state index contributed by atoms with van der Waals surface area (Å²) in [5.41, 5.74) is 7.77. The first-order valence-electron chi connectivity index (χ1n) is 10.3. The summed E-state index contributed by atoms with van der Waals surface area (Å²) < 4.78 is 38.6. The van der Waals surface area contributed by atoms with Crippen LogP contribution >= 0.6 is 0 Å². The van der Waals surface area contributed by atoms with Crippen LogP contribution < -0.4 is 10.6 Å². The summed E-state index contributed by atoms with van der Waals surface area (Å²) in [6, 6.07) is 10.6. The second kappa shape index (κ2) is 11.9. The Kier molecular flexibility index (Phi) is 9.28. The Bertz CT molecular complexity index is 1180. The number of imidazole rings is 1. The Labute approximate surface area is 198 Å². The average molecular weight is 495 g/mol. The number of rotatable bonds is 7. The van der Waals surface area contributed by atoms with Crippen molar-refractivity contribution in [2.45, 2.75) is 26.1 Å². The molecular formula is C22H24F3N5O5. The lowest BCUT2D eigenvalue weighted by atomic mass is 10.1. The quantitative estimate of drug-likeness (QED) is 0.477. The third-order valence-electron chi connectivity index (χ3n) is 4.66. The van der Waals surface area contributed by atoms with E-state index in [-0.39, 0.29) is 24.8 Å². The number of aromatic nitrogens is 3. The van der Waals surface area contributed by atoms with Crippen LogP contribution in [0.2, 0.25) is 0 Å². The molecule has 0 aliphatic carbocycles. The number of carboxylic acids is 1. The summed E-state index contributed by atoms with van der Waals surface area (Å²) in [5.74, 6) is -2.16. The Morgan fingerprint density at radius 1 is 1.20 bits per heavy atom. The number of carboxylic acid groups (broad SMARTS) is 1. The van der Waals surface area contributed by atoms with Crippen molar-refractivity contribution >= 4 is 34.7 Å². The van der Waals surface area contributed by atoms with Crippen molar-refractivity contribution < 1.29 is 37.4 Å². The number of pyridine rings is 1. The van der Waals surface area contributed by atoms with Gasteiger partial charge in [-0.05, 0) is 37.3 Å². The van der Waals surface area contributed by atoms with Crippen LogP contribution in [-0.4, -0.2) is 56.8 Å². The first-order valence-corrected chi connectivity index (χ1v) is 10.3. The van der Waals surface area contributed by atoms with Crippen molar-refractivity contribution in [3.8, 4) is 0 Å². The zero-order chi connectivity index (χ0) is 26.2. The zero-order valence-electron chi connectivity index (χ0n) is 19.0. The van der Waals surface area contributed by atoms with Crippen molar-refractivity contribution in [2.24, 2.45) is 12.8 Å². The molecule has 3 aromatic rings. The summed E-state index contributed by atoms with van der Waals surface area (Å²) in [6.45, 7) is 2.53. The van der Waals surface area contributed by atoms with Gasteiger partial charge >= 0.3 is 18.1 Å². The van der Waals surface area contributed by atoms with Crippen LogP contribution in [0.15, 0.2) is 42.6 Å². The van der Waals surface area contributed by atoms with Gasteiger partial charge in [-0.1, -0.05) is 6.07 Å². The number of amides is 1. The lowest BCUT2D eigenvalue weighted by Gasteiger charge is -2.21. The molecule has 1 aromatic carbocycles. The van der Waals surface area contributed by atoms with Crippen LogP contribution in [0.4, 0.5) is 19.0 Å². The van der Waals surface area contributed by atoms with Crippen LogP contribution in [0.1, 0.15) is 29.5 Å². The van der Waals surface area contributed by atoms with Gasteiger partial charge in [-0.15, -0.1) is 0 Å². The molecule has 0 bridgehead atoms. The van der Waals surface area contributed by atoms with E-state index in [0.717, 1.165) is 11.3 Å². The van der Waals surface area contributed by atoms with Gasteiger partial charge in [-0.3, -0.25) is 14.5 Å². The molecule has 3 N–H and O–H groups in total. The van der Waals surface area contributed by atoms with Gasteiger partial charge < -0.3 is 20.1 Å². The summed E-state index contributed by atoms with van der Waals surface area (Å²) in [6.07, 6.45) is -3.39. The Hall–Kier alpha value is -4.00. The second-order valence-electron chi connectivity index (χ2n) is 7.00. The highest BCUT2D eigenvalue weighted by Crippen LogP contribution is 2.20. The summed E-state index contributed by atoms with van der Waals surface area (Å²) >= 11 is 0. The molecule has 0 unspecified atom stereocenters. The molecule has 0 radical (unpaired) electrons. The number of alkyl halides is 3. The highest BCUT2D eigenvalue weighted by molar-refractivity contribution is 6.07. The molecule has 3 rings (SSSR count). The minimum atomic E-state index is -5.08. The number of aliphatic carboxylic acids is 1. The Morgan fingerprint density at radius 3 is 2.43 bits per heavy atom. The van der Waals surface area contributed by atoms with Gasteiger partial charge in [0.05, 0.1) is 30.6 Å². The summed E-state index contributed by atoms with van der Waals surface area (Å²) in [7, 11) is 1.89. The van der Waals surface area contributed by atoms with Crippen molar-refractivity contribution in [1.82, 2.24) is 14.5 Å². The third kappa shape index (κ3) is 7.24. The smallest absolute Gasteiger partial charge is 0.475 e. The van der Waals surface area contributed by atoms with Gasteiger partial charge in [0.15, 0.2) is 0 Å². The first-order chi connectivity index (χ1) is 16.5. The standard InChI is InChI=1S/C20H23N5O3.C2HF3O2/c1-3-28-19(26)9-11-25(17-6-4-5-10-22-17)20(27)14-7-8-16-15(12-14)23-18(13-21)24(16)2;3-2(4,5)1(6)7/h4-8,10,12H,3,9,11,13,21H2,1-2H3;(H,6,7). The number of nitrogens with two attached hydrogens (primary N) is 1. The molecule has 2 heterocycles. The number of hydrogen-bond donors (Lipinski definition) is 2. The molecule has 13 heteroatoms. The van der Waals surface area contributed by atoms with E-state index >= 15 is 0 Å². The fourth-order valence-electron chi connectivity index (χ4n) is 2.99. The van der Waals surface area contributed by atoms with Crippen LogP contribution in [0.25, 0.3) is 11.0 Å². The molecule has 0 saturated heterocycles. The summed E-state index contributed by atoms with van der Waals surface area (Å²) in [5, 5.41) is 7.12. The second-order valence-corrected chi connectivity index (χ2v) is 7.00. The molecule has 1 amide bonds. The molecule has 10 nitrogen and oxygen atoms in total.